The number of hydrogen-bond acceptors (Lipinski definition) is 4. The van der Waals surface area contributed by atoms with Gasteiger partial charge in [-0.25, -0.2) is 0 Å². The van der Waals surface area contributed by atoms with E-state index in [1.54, 1.807) is 11.3 Å². The van der Waals surface area contributed by atoms with Crippen molar-refractivity contribution in [3.8, 4) is 0 Å². The fourth-order valence-electron chi connectivity index (χ4n) is 2.08. The van der Waals surface area contributed by atoms with Gasteiger partial charge in [0.15, 0.2) is 0 Å². The van der Waals surface area contributed by atoms with Crippen molar-refractivity contribution < 1.29 is 14.7 Å². The van der Waals surface area contributed by atoms with Crippen LogP contribution >= 0.6 is 23.1 Å². The second-order valence-electron chi connectivity index (χ2n) is 4.65. The zero-order chi connectivity index (χ0) is 13.8. The Morgan fingerprint density at radius 3 is 3.00 bits per heavy atom. The standard InChI is InChI=1S/C13H17NO3S2/c1-8-2-4-19-12(8)9-6-10(9)13(17)14-3-5-18-7-11(15)16/h2,4,9-10H,3,5-7H2,1H3,(H,14,17)(H,15,16). The van der Waals surface area contributed by atoms with E-state index >= 15 is 0 Å². The van der Waals surface area contributed by atoms with Crippen molar-refractivity contribution in [2.45, 2.75) is 19.3 Å². The number of carboxylic acids is 1. The van der Waals surface area contributed by atoms with Crippen LogP contribution in [0, 0.1) is 12.8 Å². The summed E-state index contributed by atoms with van der Waals surface area (Å²) in [6.07, 6.45) is 0.940. The highest BCUT2D eigenvalue weighted by molar-refractivity contribution is 7.99. The highest BCUT2D eigenvalue weighted by Crippen LogP contribution is 2.50. The number of carbonyl (C=O) groups excluding carboxylic acids is 1. The lowest BCUT2D eigenvalue weighted by atomic mass is 10.2. The molecule has 1 aromatic heterocycles. The van der Waals surface area contributed by atoms with E-state index in [9.17, 15) is 9.59 Å². The Kier molecular flexibility index (Phi) is 4.87. The number of carbonyl (C=O) groups is 2. The van der Waals surface area contributed by atoms with Crippen LogP contribution in [0.25, 0.3) is 0 Å². The Balaban J connectivity index is 1.66. The summed E-state index contributed by atoms with van der Waals surface area (Å²) in [4.78, 5) is 23.5. The minimum absolute atomic E-state index is 0.0936. The molecule has 1 aromatic rings. The number of amides is 1. The molecular formula is C13H17NO3S2. The summed E-state index contributed by atoms with van der Waals surface area (Å²) >= 11 is 3.05. The van der Waals surface area contributed by atoms with Gasteiger partial charge in [-0.1, -0.05) is 0 Å². The van der Waals surface area contributed by atoms with E-state index in [1.165, 1.54) is 22.2 Å². The van der Waals surface area contributed by atoms with Crippen LogP contribution < -0.4 is 5.32 Å². The first-order chi connectivity index (χ1) is 9.09. The van der Waals surface area contributed by atoms with Gasteiger partial charge in [0.1, 0.15) is 0 Å². The van der Waals surface area contributed by atoms with Gasteiger partial charge in [-0.2, -0.15) is 0 Å². The number of thiophene rings is 1. The van der Waals surface area contributed by atoms with Crippen molar-refractivity contribution in [1.82, 2.24) is 5.32 Å². The molecule has 1 fully saturated rings. The van der Waals surface area contributed by atoms with Gasteiger partial charge in [0.2, 0.25) is 5.91 Å². The summed E-state index contributed by atoms with van der Waals surface area (Å²) in [6.45, 7) is 2.63. The number of rotatable bonds is 7. The van der Waals surface area contributed by atoms with Crippen molar-refractivity contribution >= 4 is 35.0 Å². The molecule has 104 valence electrons. The van der Waals surface area contributed by atoms with Gasteiger partial charge in [-0.3, -0.25) is 9.59 Å². The van der Waals surface area contributed by atoms with E-state index in [2.05, 4.69) is 23.7 Å². The molecule has 0 aliphatic heterocycles. The summed E-state index contributed by atoms with van der Waals surface area (Å²) in [5.41, 5.74) is 1.28. The van der Waals surface area contributed by atoms with E-state index in [0.717, 1.165) is 6.42 Å². The van der Waals surface area contributed by atoms with Crippen LogP contribution in [0.15, 0.2) is 11.4 Å². The number of nitrogens with one attached hydrogen (secondary N) is 1. The first kappa shape index (κ1) is 14.4. The monoisotopic (exact) mass is 299 g/mol. The lowest BCUT2D eigenvalue weighted by molar-refractivity contribution is -0.133. The highest BCUT2D eigenvalue weighted by Gasteiger charge is 2.44. The predicted molar refractivity (Wildman–Crippen MR) is 77.9 cm³/mol. The third-order valence-corrected chi connectivity index (χ3v) is 5.23. The molecule has 0 spiro atoms. The van der Waals surface area contributed by atoms with Crippen LogP contribution in [-0.4, -0.2) is 35.0 Å². The predicted octanol–water partition coefficient (Wildman–Crippen LogP) is 2.09. The Bertz CT molecular complexity index is 472. The number of aliphatic carboxylic acids is 1. The topological polar surface area (TPSA) is 66.4 Å². The lowest BCUT2D eigenvalue weighted by Gasteiger charge is -2.04. The quantitative estimate of drug-likeness (QED) is 0.757. The Hall–Kier alpha value is -1.01. The van der Waals surface area contributed by atoms with Crippen LogP contribution in [0.2, 0.25) is 0 Å². The van der Waals surface area contributed by atoms with Crippen LogP contribution in [0.1, 0.15) is 22.8 Å². The smallest absolute Gasteiger partial charge is 0.313 e. The molecule has 2 N–H and O–H groups in total. The molecule has 19 heavy (non-hydrogen) atoms. The number of thioether (sulfide) groups is 1. The van der Waals surface area contributed by atoms with Crippen molar-refractivity contribution in [3.05, 3.63) is 21.9 Å². The van der Waals surface area contributed by atoms with Crippen LogP contribution in [0.4, 0.5) is 0 Å². The largest absolute Gasteiger partial charge is 0.481 e. The number of aryl methyl sites for hydroxylation is 1. The first-order valence-electron chi connectivity index (χ1n) is 6.21. The van der Waals surface area contributed by atoms with Crippen molar-refractivity contribution in [3.63, 3.8) is 0 Å². The molecular weight excluding hydrogens is 282 g/mol. The van der Waals surface area contributed by atoms with Gasteiger partial charge < -0.3 is 10.4 Å². The SMILES string of the molecule is Cc1ccsc1C1CC1C(=O)NCCSCC(=O)O. The fourth-order valence-corrected chi connectivity index (χ4v) is 3.75. The van der Waals surface area contributed by atoms with Gasteiger partial charge in [0, 0.05) is 29.0 Å². The lowest BCUT2D eigenvalue weighted by Crippen LogP contribution is -2.27. The van der Waals surface area contributed by atoms with Gasteiger partial charge in [0.05, 0.1) is 5.75 Å². The molecule has 1 aliphatic rings. The molecule has 6 heteroatoms. The van der Waals surface area contributed by atoms with E-state index < -0.39 is 5.97 Å². The second-order valence-corrected chi connectivity index (χ2v) is 6.71. The molecule has 4 nitrogen and oxygen atoms in total. The maximum atomic E-state index is 11.9. The Morgan fingerprint density at radius 1 is 1.58 bits per heavy atom. The summed E-state index contributed by atoms with van der Waals surface area (Å²) < 4.78 is 0. The molecule has 1 heterocycles. The molecule has 2 rings (SSSR count). The van der Waals surface area contributed by atoms with Gasteiger partial charge in [0.25, 0.3) is 0 Å². The molecule has 2 unspecified atom stereocenters. The third-order valence-electron chi connectivity index (χ3n) is 3.14. The van der Waals surface area contributed by atoms with Crippen molar-refractivity contribution in [2.24, 2.45) is 5.92 Å². The van der Waals surface area contributed by atoms with Crippen LogP contribution in [0.5, 0.6) is 0 Å². The van der Waals surface area contributed by atoms with Gasteiger partial charge in [-0.05, 0) is 30.4 Å². The average Bonchev–Trinajstić information content (AvgIpc) is 3.04. The fraction of sp³-hybridized carbons (Fsp3) is 0.538. The zero-order valence-corrected chi connectivity index (χ0v) is 12.4. The average molecular weight is 299 g/mol. The molecule has 1 aliphatic carbocycles. The minimum atomic E-state index is -0.813. The summed E-state index contributed by atoms with van der Waals surface area (Å²) in [6, 6.07) is 2.09. The molecule has 2 atom stereocenters. The minimum Gasteiger partial charge on any atom is -0.481 e. The Labute approximate surface area is 120 Å². The maximum absolute atomic E-state index is 11.9. The molecule has 0 saturated heterocycles. The summed E-state index contributed by atoms with van der Waals surface area (Å²) in [5, 5.41) is 13.4. The molecule has 1 amide bonds. The third kappa shape index (κ3) is 3.98. The first-order valence-corrected chi connectivity index (χ1v) is 8.24. The van der Waals surface area contributed by atoms with Crippen molar-refractivity contribution in [2.75, 3.05) is 18.1 Å². The zero-order valence-electron chi connectivity index (χ0n) is 10.7. The van der Waals surface area contributed by atoms with Crippen molar-refractivity contribution in [1.29, 1.82) is 0 Å². The molecule has 0 radical (unpaired) electrons. The Morgan fingerprint density at radius 2 is 2.37 bits per heavy atom. The van der Waals surface area contributed by atoms with E-state index in [-0.39, 0.29) is 17.6 Å². The van der Waals surface area contributed by atoms with Crippen LogP contribution in [-0.2, 0) is 9.59 Å². The van der Waals surface area contributed by atoms with E-state index in [4.69, 9.17) is 5.11 Å². The maximum Gasteiger partial charge on any atom is 0.313 e. The molecule has 1 saturated carbocycles. The van der Waals surface area contributed by atoms with Gasteiger partial charge >= 0.3 is 5.97 Å². The van der Waals surface area contributed by atoms with Gasteiger partial charge in [-0.15, -0.1) is 23.1 Å². The summed E-state index contributed by atoms with van der Waals surface area (Å²) in [7, 11) is 0. The summed E-state index contributed by atoms with van der Waals surface area (Å²) in [5.74, 6) is 0.540. The van der Waals surface area contributed by atoms with E-state index in [1.807, 2.05) is 0 Å². The van der Waals surface area contributed by atoms with Crippen LogP contribution in [0.3, 0.4) is 0 Å². The number of hydrogen-bond donors (Lipinski definition) is 2. The normalized spacial score (nSPS) is 21.1. The molecule has 0 bridgehead atoms. The highest BCUT2D eigenvalue weighted by atomic mass is 32.2. The second kappa shape index (κ2) is 6.43. The molecule has 0 aromatic carbocycles. The number of carboxylic acid groups (broad SMARTS) is 1. The van der Waals surface area contributed by atoms with E-state index in [0.29, 0.717) is 18.2 Å².